The van der Waals surface area contributed by atoms with Crippen LogP contribution in [0.15, 0.2) is 48.5 Å². The third-order valence-corrected chi connectivity index (χ3v) is 3.01. The van der Waals surface area contributed by atoms with Crippen LogP contribution in [0.25, 0.3) is 0 Å². The predicted molar refractivity (Wildman–Crippen MR) is 71.9 cm³/mol. The number of hydrogen-bond acceptors (Lipinski definition) is 1. The molecule has 1 atom stereocenters. The van der Waals surface area contributed by atoms with Gasteiger partial charge in [-0.2, -0.15) is 0 Å². The third-order valence-electron chi connectivity index (χ3n) is 2.47. The van der Waals surface area contributed by atoms with Gasteiger partial charge in [0.25, 0.3) is 0 Å². The fourth-order valence-corrected chi connectivity index (χ4v) is 1.87. The molecule has 0 saturated heterocycles. The van der Waals surface area contributed by atoms with Crippen molar-refractivity contribution in [2.24, 2.45) is 0 Å². The van der Waals surface area contributed by atoms with Crippen LogP contribution < -0.4 is 4.74 Å². The Hall–Kier alpha value is -1.18. The van der Waals surface area contributed by atoms with Crippen LogP contribution in [-0.4, -0.2) is 0 Å². The summed E-state index contributed by atoms with van der Waals surface area (Å²) in [6, 6.07) is 15.2. The van der Waals surface area contributed by atoms with E-state index in [-0.39, 0.29) is 6.10 Å². The van der Waals surface area contributed by atoms with E-state index in [1.54, 1.807) is 18.2 Å². The molecule has 0 fully saturated rings. The lowest BCUT2D eigenvalue weighted by atomic mass is 10.1. The summed E-state index contributed by atoms with van der Waals surface area (Å²) in [6.07, 6.45) is -0.0628. The van der Waals surface area contributed by atoms with Crippen molar-refractivity contribution >= 4 is 23.2 Å². The number of rotatable bonds is 3. The molecule has 0 radical (unpaired) electrons. The smallest absolute Gasteiger partial charge is 0.140 e. The van der Waals surface area contributed by atoms with Crippen molar-refractivity contribution < 1.29 is 4.74 Å². The molecule has 0 aliphatic rings. The van der Waals surface area contributed by atoms with E-state index in [4.69, 9.17) is 27.9 Å². The highest BCUT2D eigenvalue weighted by atomic mass is 35.5. The quantitative estimate of drug-likeness (QED) is 0.748. The van der Waals surface area contributed by atoms with Gasteiger partial charge in [-0.3, -0.25) is 0 Å². The maximum Gasteiger partial charge on any atom is 0.140 e. The van der Waals surface area contributed by atoms with E-state index in [0.29, 0.717) is 15.8 Å². The second-order valence-electron chi connectivity index (χ2n) is 3.75. The van der Waals surface area contributed by atoms with Crippen LogP contribution in [0.1, 0.15) is 18.6 Å². The van der Waals surface area contributed by atoms with Crippen LogP contribution in [-0.2, 0) is 0 Å². The van der Waals surface area contributed by atoms with Gasteiger partial charge in [0.15, 0.2) is 0 Å². The molecule has 3 heteroatoms. The van der Waals surface area contributed by atoms with E-state index < -0.39 is 0 Å². The summed E-state index contributed by atoms with van der Waals surface area (Å²) < 4.78 is 5.80. The number of hydrogen-bond donors (Lipinski definition) is 0. The van der Waals surface area contributed by atoms with Crippen molar-refractivity contribution in [3.63, 3.8) is 0 Å². The second kappa shape index (κ2) is 5.44. The first-order valence-corrected chi connectivity index (χ1v) is 6.09. The molecule has 1 nitrogen and oxygen atoms in total. The lowest BCUT2D eigenvalue weighted by Gasteiger charge is -2.16. The highest BCUT2D eigenvalue weighted by Crippen LogP contribution is 2.31. The Morgan fingerprint density at radius 3 is 2.41 bits per heavy atom. The Balaban J connectivity index is 2.18. The van der Waals surface area contributed by atoms with Crippen LogP contribution in [0.2, 0.25) is 10.0 Å². The summed E-state index contributed by atoms with van der Waals surface area (Å²) in [5.74, 6) is 0.607. The van der Waals surface area contributed by atoms with E-state index in [0.717, 1.165) is 5.56 Å². The second-order valence-corrected chi connectivity index (χ2v) is 4.59. The van der Waals surface area contributed by atoms with E-state index in [1.807, 2.05) is 37.3 Å². The molecule has 0 aliphatic heterocycles. The predicted octanol–water partition coefficient (Wildman–Crippen LogP) is 5.13. The van der Waals surface area contributed by atoms with Crippen molar-refractivity contribution in [2.75, 3.05) is 0 Å². The maximum absolute atomic E-state index is 6.04. The molecule has 0 aliphatic carbocycles. The summed E-state index contributed by atoms with van der Waals surface area (Å²) in [5.41, 5.74) is 1.10. The van der Waals surface area contributed by atoms with Crippen LogP contribution in [0.3, 0.4) is 0 Å². The lowest BCUT2D eigenvalue weighted by molar-refractivity contribution is 0.227. The average molecular weight is 267 g/mol. The first-order chi connectivity index (χ1) is 8.16. The first-order valence-electron chi connectivity index (χ1n) is 5.33. The Bertz CT molecular complexity index is 497. The molecule has 2 aromatic carbocycles. The van der Waals surface area contributed by atoms with Gasteiger partial charge in [-0.05, 0) is 24.6 Å². The third kappa shape index (κ3) is 3.15. The fraction of sp³-hybridized carbons (Fsp3) is 0.143. The van der Waals surface area contributed by atoms with Crippen LogP contribution in [0.5, 0.6) is 5.75 Å². The van der Waals surface area contributed by atoms with Gasteiger partial charge in [-0.25, -0.2) is 0 Å². The van der Waals surface area contributed by atoms with Gasteiger partial charge in [-0.1, -0.05) is 53.5 Å². The molecule has 88 valence electrons. The summed E-state index contributed by atoms with van der Waals surface area (Å²) in [4.78, 5) is 0. The number of benzene rings is 2. The molecule has 0 aromatic heterocycles. The Labute approximate surface area is 111 Å². The van der Waals surface area contributed by atoms with Gasteiger partial charge in [0.05, 0.1) is 5.02 Å². The SMILES string of the molecule is C[C@@H](Oc1cc(Cl)ccc1Cl)c1ccccc1. The Morgan fingerprint density at radius 2 is 1.71 bits per heavy atom. The molecular formula is C14H12Cl2O. The van der Waals surface area contributed by atoms with Crippen molar-refractivity contribution in [3.05, 3.63) is 64.1 Å². The van der Waals surface area contributed by atoms with Crippen molar-refractivity contribution in [2.45, 2.75) is 13.0 Å². The van der Waals surface area contributed by atoms with Gasteiger partial charge in [0.1, 0.15) is 11.9 Å². The zero-order valence-corrected chi connectivity index (χ0v) is 10.9. The molecule has 2 aromatic rings. The van der Waals surface area contributed by atoms with Crippen LogP contribution in [0.4, 0.5) is 0 Å². The first kappa shape index (κ1) is 12.3. The molecule has 17 heavy (non-hydrogen) atoms. The topological polar surface area (TPSA) is 9.23 Å². The standard InChI is InChI=1S/C14H12Cl2O/c1-10(11-5-3-2-4-6-11)17-14-9-12(15)7-8-13(14)16/h2-10H,1H3/t10-/m1/s1. The molecule has 0 saturated carbocycles. The van der Waals surface area contributed by atoms with Crippen molar-refractivity contribution in [1.82, 2.24) is 0 Å². The average Bonchev–Trinajstić information content (AvgIpc) is 2.35. The highest BCUT2D eigenvalue weighted by molar-refractivity contribution is 6.34. The van der Waals surface area contributed by atoms with Crippen LogP contribution >= 0.6 is 23.2 Å². The molecule has 0 unspecified atom stereocenters. The van der Waals surface area contributed by atoms with E-state index in [1.165, 1.54) is 0 Å². The summed E-state index contributed by atoms with van der Waals surface area (Å²) in [7, 11) is 0. The monoisotopic (exact) mass is 266 g/mol. The molecule has 0 amide bonds. The number of ether oxygens (including phenoxy) is 1. The minimum atomic E-state index is -0.0628. The Morgan fingerprint density at radius 1 is 1.00 bits per heavy atom. The summed E-state index contributed by atoms with van der Waals surface area (Å²) >= 11 is 12.0. The largest absolute Gasteiger partial charge is 0.484 e. The van der Waals surface area contributed by atoms with Gasteiger partial charge in [0.2, 0.25) is 0 Å². The van der Waals surface area contributed by atoms with Crippen molar-refractivity contribution in [3.8, 4) is 5.75 Å². The van der Waals surface area contributed by atoms with Gasteiger partial charge < -0.3 is 4.74 Å². The zero-order chi connectivity index (χ0) is 12.3. The van der Waals surface area contributed by atoms with Gasteiger partial charge >= 0.3 is 0 Å². The van der Waals surface area contributed by atoms with E-state index >= 15 is 0 Å². The maximum atomic E-state index is 6.04. The zero-order valence-electron chi connectivity index (χ0n) is 9.36. The van der Waals surface area contributed by atoms with Crippen molar-refractivity contribution in [1.29, 1.82) is 0 Å². The molecule has 0 spiro atoms. The fourth-order valence-electron chi connectivity index (χ4n) is 1.55. The molecular weight excluding hydrogens is 255 g/mol. The van der Waals surface area contributed by atoms with Crippen LogP contribution in [0, 0.1) is 0 Å². The number of halogens is 2. The minimum absolute atomic E-state index is 0.0628. The summed E-state index contributed by atoms with van der Waals surface area (Å²) in [5, 5.41) is 1.18. The highest BCUT2D eigenvalue weighted by Gasteiger charge is 2.09. The molecule has 0 N–H and O–H groups in total. The van der Waals surface area contributed by atoms with E-state index in [2.05, 4.69) is 0 Å². The Kier molecular flexibility index (Phi) is 3.93. The lowest BCUT2D eigenvalue weighted by Crippen LogP contribution is -2.03. The van der Waals surface area contributed by atoms with E-state index in [9.17, 15) is 0 Å². The normalized spacial score (nSPS) is 12.2. The summed E-state index contributed by atoms with van der Waals surface area (Å²) in [6.45, 7) is 1.98. The minimum Gasteiger partial charge on any atom is -0.484 e. The van der Waals surface area contributed by atoms with Gasteiger partial charge in [-0.15, -0.1) is 0 Å². The molecule has 0 bridgehead atoms. The van der Waals surface area contributed by atoms with Gasteiger partial charge in [0, 0.05) is 11.1 Å². The molecule has 0 heterocycles. The molecule has 2 rings (SSSR count).